The van der Waals surface area contributed by atoms with Crippen molar-refractivity contribution in [3.8, 4) is 39.1 Å². The molecule has 0 N–H and O–H groups in total. The third kappa shape index (κ3) is 4.05. The molecule has 0 fully saturated rings. The lowest BCUT2D eigenvalue weighted by Crippen LogP contribution is -2.14. The topological polar surface area (TPSA) is 4.93 Å². The molecule has 10 aromatic rings. The highest BCUT2D eigenvalue weighted by Gasteiger charge is 2.36. The molecule has 1 nitrogen and oxygen atoms in total. The summed E-state index contributed by atoms with van der Waals surface area (Å²) < 4.78 is 2.46. The summed E-state index contributed by atoms with van der Waals surface area (Å²) in [6.45, 7) is 4.75. The fourth-order valence-electron chi connectivity index (χ4n) is 9.32. The quantitative estimate of drug-likeness (QED) is 0.166. The second-order valence-corrected chi connectivity index (χ2v) is 14.9. The van der Waals surface area contributed by atoms with Crippen LogP contribution in [0, 0.1) is 0 Å². The Morgan fingerprint density at radius 3 is 1.63 bits per heavy atom. The highest BCUT2D eigenvalue weighted by molar-refractivity contribution is 6.23. The molecule has 11 rings (SSSR count). The van der Waals surface area contributed by atoms with Crippen LogP contribution in [0.3, 0.4) is 0 Å². The van der Waals surface area contributed by atoms with Crippen molar-refractivity contribution in [1.29, 1.82) is 0 Å². The van der Waals surface area contributed by atoms with Crippen LogP contribution in [0.4, 0.5) is 0 Å². The summed E-state index contributed by atoms with van der Waals surface area (Å²) in [7, 11) is 0. The standard InChI is InChI=1S/C51H35N/c1-51(2)45-23-13-12-18-37(45)42-31-48-44(30-46(42)51)43-29-35(26-27-47(43)52(48)36-16-4-3-5-17-36)50-40-21-10-8-19-38(40)49(39-20-9-11-22-41(39)50)34-25-24-32-14-6-7-15-33(32)28-34/h3-31H,1-2H3. The lowest BCUT2D eigenvalue weighted by molar-refractivity contribution is 0.661. The zero-order chi connectivity index (χ0) is 34.6. The minimum atomic E-state index is -0.0795. The molecule has 0 amide bonds. The summed E-state index contributed by atoms with van der Waals surface area (Å²) in [6, 6.07) is 65.4. The third-order valence-corrected chi connectivity index (χ3v) is 11.7. The van der Waals surface area contributed by atoms with E-state index in [1.54, 1.807) is 0 Å². The van der Waals surface area contributed by atoms with Gasteiger partial charge in [0, 0.05) is 21.9 Å². The first-order chi connectivity index (χ1) is 25.6. The Labute approximate surface area is 303 Å². The van der Waals surface area contributed by atoms with E-state index < -0.39 is 0 Å². The molecule has 0 aliphatic heterocycles. The SMILES string of the molecule is CC1(C)c2ccccc2-c2cc3c(cc21)c1cc(-c2c4ccccc4c(-c4ccc5ccccc5c4)c4ccccc24)ccc1n3-c1ccccc1. The molecule has 1 aliphatic rings. The predicted molar refractivity (Wildman–Crippen MR) is 222 cm³/mol. The van der Waals surface area contributed by atoms with Crippen LogP contribution in [0.15, 0.2) is 176 Å². The first kappa shape index (κ1) is 29.3. The minimum Gasteiger partial charge on any atom is -0.309 e. The number of benzene rings is 9. The van der Waals surface area contributed by atoms with Crippen molar-refractivity contribution >= 4 is 54.1 Å². The minimum absolute atomic E-state index is 0.0795. The smallest absolute Gasteiger partial charge is 0.0547 e. The maximum atomic E-state index is 2.50. The van der Waals surface area contributed by atoms with Crippen LogP contribution in [-0.4, -0.2) is 4.57 Å². The van der Waals surface area contributed by atoms with Gasteiger partial charge in [0.2, 0.25) is 0 Å². The molecule has 244 valence electrons. The van der Waals surface area contributed by atoms with E-state index in [2.05, 4.69) is 194 Å². The molecule has 1 aliphatic carbocycles. The van der Waals surface area contributed by atoms with Gasteiger partial charge >= 0.3 is 0 Å². The first-order valence-corrected chi connectivity index (χ1v) is 18.3. The van der Waals surface area contributed by atoms with Crippen LogP contribution in [0.2, 0.25) is 0 Å². The maximum Gasteiger partial charge on any atom is 0.0547 e. The van der Waals surface area contributed by atoms with Crippen molar-refractivity contribution < 1.29 is 0 Å². The van der Waals surface area contributed by atoms with Crippen molar-refractivity contribution in [2.24, 2.45) is 0 Å². The molecule has 9 aromatic carbocycles. The van der Waals surface area contributed by atoms with E-state index in [0.29, 0.717) is 0 Å². The van der Waals surface area contributed by atoms with Crippen LogP contribution in [0.25, 0.3) is 93.2 Å². The molecule has 1 aromatic heterocycles. The molecule has 0 saturated heterocycles. The monoisotopic (exact) mass is 661 g/mol. The zero-order valence-electron chi connectivity index (χ0n) is 29.2. The number of nitrogens with zero attached hydrogens (tertiary/aromatic N) is 1. The van der Waals surface area contributed by atoms with Gasteiger partial charge in [-0.2, -0.15) is 0 Å². The highest BCUT2D eigenvalue weighted by Crippen LogP contribution is 2.52. The van der Waals surface area contributed by atoms with E-state index in [9.17, 15) is 0 Å². The Morgan fingerprint density at radius 2 is 0.923 bits per heavy atom. The largest absolute Gasteiger partial charge is 0.309 e. The molecular formula is C51H35N. The second-order valence-electron chi connectivity index (χ2n) is 14.9. The molecule has 1 heterocycles. The van der Waals surface area contributed by atoms with Crippen molar-refractivity contribution in [2.45, 2.75) is 19.3 Å². The van der Waals surface area contributed by atoms with Crippen LogP contribution in [0.1, 0.15) is 25.0 Å². The number of fused-ring (bicyclic) bond motifs is 9. The summed E-state index contributed by atoms with van der Waals surface area (Å²) >= 11 is 0. The van der Waals surface area contributed by atoms with E-state index in [0.717, 1.165) is 0 Å². The molecule has 52 heavy (non-hydrogen) atoms. The van der Waals surface area contributed by atoms with Gasteiger partial charge in [-0.15, -0.1) is 0 Å². The van der Waals surface area contributed by atoms with E-state index >= 15 is 0 Å². The number of rotatable bonds is 3. The normalized spacial score (nSPS) is 13.3. The van der Waals surface area contributed by atoms with Gasteiger partial charge in [-0.3, -0.25) is 0 Å². The molecule has 0 atom stereocenters. The van der Waals surface area contributed by atoms with Crippen LogP contribution >= 0.6 is 0 Å². The number of para-hydroxylation sites is 1. The van der Waals surface area contributed by atoms with Gasteiger partial charge in [0.05, 0.1) is 11.0 Å². The fourth-order valence-corrected chi connectivity index (χ4v) is 9.32. The summed E-state index contributed by atoms with van der Waals surface area (Å²) in [6.07, 6.45) is 0. The van der Waals surface area contributed by atoms with Gasteiger partial charge in [0.15, 0.2) is 0 Å². The van der Waals surface area contributed by atoms with Crippen molar-refractivity contribution in [1.82, 2.24) is 4.57 Å². The van der Waals surface area contributed by atoms with Crippen molar-refractivity contribution in [3.05, 3.63) is 187 Å². The molecule has 0 saturated carbocycles. The van der Waals surface area contributed by atoms with Gasteiger partial charge < -0.3 is 4.57 Å². The van der Waals surface area contributed by atoms with Crippen LogP contribution < -0.4 is 0 Å². The molecule has 0 unspecified atom stereocenters. The van der Waals surface area contributed by atoms with Crippen LogP contribution in [-0.2, 0) is 5.41 Å². The maximum absolute atomic E-state index is 2.50. The molecular weight excluding hydrogens is 627 g/mol. The Balaban J connectivity index is 1.22. The summed E-state index contributed by atoms with van der Waals surface area (Å²) in [4.78, 5) is 0. The van der Waals surface area contributed by atoms with Gasteiger partial charge in [-0.05, 0) is 119 Å². The number of hydrogen-bond acceptors (Lipinski definition) is 0. The van der Waals surface area contributed by atoms with E-state index in [4.69, 9.17) is 0 Å². The average molecular weight is 662 g/mol. The summed E-state index contributed by atoms with van der Waals surface area (Å²) in [5.41, 5.74) is 14.1. The molecule has 1 heteroatoms. The molecule has 0 radical (unpaired) electrons. The average Bonchev–Trinajstić information content (AvgIpc) is 3.63. The lowest BCUT2D eigenvalue weighted by atomic mass is 9.82. The predicted octanol–water partition coefficient (Wildman–Crippen LogP) is 13.9. The summed E-state index contributed by atoms with van der Waals surface area (Å²) in [5.74, 6) is 0. The zero-order valence-corrected chi connectivity index (χ0v) is 29.2. The molecule has 0 spiro atoms. The Kier molecular flexibility index (Phi) is 6.08. The lowest BCUT2D eigenvalue weighted by Gasteiger charge is -2.21. The van der Waals surface area contributed by atoms with Crippen molar-refractivity contribution in [3.63, 3.8) is 0 Å². The highest BCUT2D eigenvalue weighted by atomic mass is 15.0. The van der Waals surface area contributed by atoms with E-state index in [1.165, 1.54) is 104 Å². The Hall–Kier alpha value is -6.44. The molecule has 0 bridgehead atoms. The van der Waals surface area contributed by atoms with Gasteiger partial charge in [0.25, 0.3) is 0 Å². The van der Waals surface area contributed by atoms with Gasteiger partial charge in [-0.1, -0.05) is 147 Å². The fraction of sp³-hybridized carbons (Fsp3) is 0.0588. The number of hydrogen-bond donors (Lipinski definition) is 0. The number of aromatic nitrogens is 1. The Morgan fingerprint density at radius 1 is 0.365 bits per heavy atom. The van der Waals surface area contributed by atoms with E-state index in [1.807, 2.05) is 0 Å². The Bertz CT molecular complexity index is 3030. The first-order valence-electron chi connectivity index (χ1n) is 18.3. The third-order valence-electron chi connectivity index (χ3n) is 11.7. The summed E-state index contributed by atoms with van der Waals surface area (Å²) in [5, 5.41) is 10.2. The van der Waals surface area contributed by atoms with Crippen molar-refractivity contribution in [2.75, 3.05) is 0 Å². The van der Waals surface area contributed by atoms with E-state index in [-0.39, 0.29) is 5.41 Å². The van der Waals surface area contributed by atoms with Gasteiger partial charge in [0.1, 0.15) is 0 Å². The van der Waals surface area contributed by atoms with Crippen LogP contribution in [0.5, 0.6) is 0 Å². The van der Waals surface area contributed by atoms with Gasteiger partial charge in [-0.25, -0.2) is 0 Å². The second kappa shape index (κ2) is 10.8.